The average molecular weight is 346 g/mol. The summed E-state index contributed by atoms with van der Waals surface area (Å²) in [4.78, 5) is 38.0. The molecule has 1 heterocycles. The van der Waals surface area contributed by atoms with Crippen molar-refractivity contribution in [2.45, 2.75) is 51.6 Å². The third-order valence-corrected chi connectivity index (χ3v) is 5.77. The number of benzene rings is 1. The summed E-state index contributed by atoms with van der Waals surface area (Å²) in [6.45, 7) is 3.99. The summed E-state index contributed by atoms with van der Waals surface area (Å²) in [5.74, 6) is -0.0586. The summed E-state index contributed by atoms with van der Waals surface area (Å²) in [6.07, 6.45) is 3.53. The molecule has 0 spiro atoms. The summed E-state index contributed by atoms with van der Waals surface area (Å²) >= 11 is 1.05. The van der Waals surface area contributed by atoms with E-state index in [9.17, 15) is 14.4 Å². The maximum absolute atomic E-state index is 12.6. The third-order valence-electron chi connectivity index (χ3n) is 4.93. The first-order chi connectivity index (χ1) is 11.5. The molecule has 24 heavy (non-hydrogen) atoms. The molecule has 2 aliphatic rings. The monoisotopic (exact) mass is 346 g/mol. The molecule has 2 fully saturated rings. The van der Waals surface area contributed by atoms with Gasteiger partial charge in [-0.1, -0.05) is 30.7 Å². The van der Waals surface area contributed by atoms with Gasteiger partial charge in [-0.25, -0.2) is 0 Å². The van der Waals surface area contributed by atoms with Crippen LogP contribution < -0.4 is 5.32 Å². The van der Waals surface area contributed by atoms with Gasteiger partial charge in [0.1, 0.15) is 0 Å². The molecule has 1 aliphatic carbocycles. The van der Waals surface area contributed by atoms with E-state index in [1.54, 1.807) is 0 Å². The van der Waals surface area contributed by atoms with Crippen LogP contribution >= 0.6 is 11.8 Å². The lowest BCUT2D eigenvalue weighted by molar-refractivity contribution is -0.127. The van der Waals surface area contributed by atoms with Crippen LogP contribution in [0.25, 0.3) is 0 Å². The molecule has 0 radical (unpaired) electrons. The van der Waals surface area contributed by atoms with Gasteiger partial charge in [-0.2, -0.15) is 0 Å². The number of hydrogen-bond acceptors (Lipinski definition) is 4. The van der Waals surface area contributed by atoms with E-state index in [1.165, 1.54) is 4.90 Å². The highest BCUT2D eigenvalue weighted by Crippen LogP contribution is 2.30. The Kier molecular flexibility index (Phi) is 4.94. The standard InChI is InChI=1S/C18H22N2O3S/c1-11-7-8-13(9-12(11)2)17(22)19-14-5-3-4-6-15(14)20-16(21)10-24-18(20)23/h7-9,14-15H,3-6,10H2,1-2H3,(H,19,22)/t14-,15-/m1/s1. The molecule has 2 atom stereocenters. The first kappa shape index (κ1) is 17.0. The van der Waals surface area contributed by atoms with Gasteiger partial charge in [0, 0.05) is 5.56 Å². The fraction of sp³-hybridized carbons (Fsp3) is 0.500. The Morgan fingerprint density at radius 3 is 2.58 bits per heavy atom. The minimum absolute atomic E-state index is 0.137. The predicted molar refractivity (Wildman–Crippen MR) is 94.1 cm³/mol. The van der Waals surface area contributed by atoms with Crippen LogP contribution in [0.2, 0.25) is 0 Å². The summed E-state index contributed by atoms with van der Waals surface area (Å²) in [5, 5.41) is 2.87. The molecule has 128 valence electrons. The first-order valence-corrected chi connectivity index (χ1v) is 9.33. The van der Waals surface area contributed by atoms with Crippen LogP contribution in [0.4, 0.5) is 4.79 Å². The molecule has 0 bridgehead atoms. The number of nitrogens with one attached hydrogen (secondary N) is 1. The van der Waals surface area contributed by atoms with Gasteiger partial charge >= 0.3 is 0 Å². The minimum Gasteiger partial charge on any atom is -0.347 e. The number of carbonyl (C=O) groups is 3. The summed E-state index contributed by atoms with van der Waals surface area (Å²) in [6, 6.07) is 5.25. The number of carbonyl (C=O) groups excluding carboxylic acids is 3. The van der Waals surface area contributed by atoms with Crippen molar-refractivity contribution in [2.24, 2.45) is 0 Å². The van der Waals surface area contributed by atoms with E-state index in [0.717, 1.165) is 48.6 Å². The van der Waals surface area contributed by atoms with Crippen molar-refractivity contribution in [1.82, 2.24) is 10.2 Å². The highest BCUT2D eigenvalue weighted by atomic mass is 32.2. The molecular weight excluding hydrogens is 324 g/mol. The Balaban J connectivity index is 1.76. The van der Waals surface area contributed by atoms with E-state index < -0.39 is 0 Å². The maximum Gasteiger partial charge on any atom is 0.289 e. The van der Waals surface area contributed by atoms with Crippen LogP contribution in [0.1, 0.15) is 47.2 Å². The van der Waals surface area contributed by atoms with E-state index in [0.29, 0.717) is 5.56 Å². The first-order valence-electron chi connectivity index (χ1n) is 8.34. The Morgan fingerprint density at radius 1 is 1.17 bits per heavy atom. The number of hydrogen-bond donors (Lipinski definition) is 1. The zero-order valence-corrected chi connectivity index (χ0v) is 14.8. The van der Waals surface area contributed by atoms with Crippen LogP contribution in [-0.4, -0.2) is 39.8 Å². The summed E-state index contributed by atoms with van der Waals surface area (Å²) in [5.41, 5.74) is 2.84. The largest absolute Gasteiger partial charge is 0.347 e. The van der Waals surface area contributed by atoms with Crippen molar-refractivity contribution in [2.75, 3.05) is 5.75 Å². The van der Waals surface area contributed by atoms with E-state index in [-0.39, 0.29) is 34.9 Å². The van der Waals surface area contributed by atoms with Gasteiger partial charge in [0.25, 0.3) is 11.1 Å². The molecule has 5 nitrogen and oxygen atoms in total. The van der Waals surface area contributed by atoms with Gasteiger partial charge in [0.2, 0.25) is 5.91 Å². The van der Waals surface area contributed by atoms with E-state index >= 15 is 0 Å². The average Bonchev–Trinajstić information content (AvgIpc) is 2.89. The number of amides is 3. The Hall–Kier alpha value is -1.82. The molecule has 1 aliphatic heterocycles. The molecule has 0 unspecified atom stereocenters. The number of rotatable bonds is 3. The van der Waals surface area contributed by atoms with Crippen LogP contribution in [0, 0.1) is 13.8 Å². The fourth-order valence-corrected chi connectivity index (χ4v) is 4.17. The summed E-state index contributed by atoms with van der Waals surface area (Å²) < 4.78 is 0. The van der Waals surface area contributed by atoms with Gasteiger partial charge in [-0.05, 0) is 49.9 Å². The predicted octanol–water partition coefficient (Wildman–Crippen LogP) is 3.04. The van der Waals surface area contributed by atoms with Crippen molar-refractivity contribution in [1.29, 1.82) is 0 Å². The highest BCUT2D eigenvalue weighted by Gasteiger charge is 2.41. The molecule has 1 aromatic rings. The van der Waals surface area contributed by atoms with Crippen LogP contribution in [0.5, 0.6) is 0 Å². The fourth-order valence-electron chi connectivity index (χ4n) is 3.41. The number of nitrogens with zero attached hydrogens (tertiary/aromatic N) is 1. The second-order valence-electron chi connectivity index (χ2n) is 6.55. The zero-order valence-electron chi connectivity index (χ0n) is 14.0. The molecule has 3 rings (SSSR count). The topological polar surface area (TPSA) is 66.5 Å². The van der Waals surface area contributed by atoms with Gasteiger partial charge in [0.15, 0.2) is 0 Å². The summed E-state index contributed by atoms with van der Waals surface area (Å²) in [7, 11) is 0. The smallest absolute Gasteiger partial charge is 0.289 e. The van der Waals surface area contributed by atoms with Crippen molar-refractivity contribution >= 4 is 28.8 Å². The van der Waals surface area contributed by atoms with Crippen LogP contribution in [0.3, 0.4) is 0 Å². The number of thioether (sulfide) groups is 1. The maximum atomic E-state index is 12.6. The Labute approximate surface area is 146 Å². The van der Waals surface area contributed by atoms with Crippen LogP contribution in [-0.2, 0) is 4.79 Å². The lowest BCUT2D eigenvalue weighted by atomic mass is 9.89. The third kappa shape index (κ3) is 3.34. The lowest BCUT2D eigenvalue weighted by Crippen LogP contribution is -2.54. The van der Waals surface area contributed by atoms with Crippen molar-refractivity contribution in [3.8, 4) is 0 Å². The number of aryl methyl sites for hydroxylation is 2. The second kappa shape index (κ2) is 6.97. The quantitative estimate of drug-likeness (QED) is 0.913. The van der Waals surface area contributed by atoms with E-state index in [2.05, 4.69) is 5.32 Å². The molecule has 1 saturated carbocycles. The van der Waals surface area contributed by atoms with Gasteiger partial charge in [-0.3, -0.25) is 19.3 Å². The number of imide groups is 1. The van der Waals surface area contributed by atoms with Crippen molar-refractivity contribution in [3.63, 3.8) is 0 Å². The van der Waals surface area contributed by atoms with Crippen molar-refractivity contribution < 1.29 is 14.4 Å². The second-order valence-corrected chi connectivity index (χ2v) is 7.48. The molecule has 1 saturated heterocycles. The zero-order chi connectivity index (χ0) is 17.3. The highest BCUT2D eigenvalue weighted by molar-refractivity contribution is 8.14. The minimum atomic E-state index is -0.218. The van der Waals surface area contributed by atoms with Gasteiger partial charge < -0.3 is 5.32 Å². The lowest BCUT2D eigenvalue weighted by Gasteiger charge is -2.36. The molecule has 1 aromatic carbocycles. The molecule has 6 heteroatoms. The van der Waals surface area contributed by atoms with Gasteiger partial charge in [-0.15, -0.1) is 0 Å². The Bertz CT molecular complexity index is 673. The molecule has 1 N–H and O–H groups in total. The molecule has 0 aromatic heterocycles. The van der Waals surface area contributed by atoms with Crippen molar-refractivity contribution in [3.05, 3.63) is 34.9 Å². The SMILES string of the molecule is Cc1ccc(C(=O)N[C@@H]2CCCC[C@H]2N2C(=O)CSC2=O)cc1C. The van der Waals surface area contributed by atoms with Crippen LogP contribution in [0.15, 0.2) is 18.2 Å². The molecule has 3 amide bonds. The van der Waals surface area contributed by atoms with Gasteiger partial charge in [0.05, 0.1) is 17.8 Å². The molecular formula is C18H22N2O3S. The normalized spacial score (nSPS) is 24.3. The van der Waals surface area contributed by atoms with E-state index in [4.69, 9.17) is 0 Å². The van der Waals surface area contributed by atoms with E-state index in [1.807, 2.05) is 32.0 Å². The Morgan fingerprint density at radius 2 is 1.92 bits per heavy atom.